The molecule has 1 aromatic heterocycles. The van der Waals surface area contributed by atoms with Crippen LogP contribution in [0.25, 0.3) is 0 Å². The molecule has 0 unspecified atom stereocenters. The Labute approximate surface area is 119 Å². The lowest BCUT2D eigenvalue weighted by atomic mass is 10.2. The van der Waals surface area contributed by atoms with E-state index in [1.165, 1.54) is 0 Å². The van der Waals surface area contributed by atoms with Crippen LogP contribution in [0.5, 0.6) is 0 Å². The lowest BCUT2D eigenvalue weighted by Gasteiger charge is -2.24. The van der Waals surface area contributed by atoms with Crippen molar-refractivity contribution in [3.63, 3.8) is 0 Å². The van der Waals surface area contributed by atoms with E-state index in [0.29, 0.717) is 13.1 Å². The third-order valence-corrected chi connectivity index (χ3v) is 2.97. The van der Waals surface area contributed by atoms with Gasteiger partial charge in [-0.3, -0.25) is 4.98 Å². The SMILES string of the molecule is Cc1cnc(N[C@H]2CCN(C(=O)OC(C)(C)C)C2)cn1. The van der Waals surface area contributed by atoms with Gasteiger partial charge in [-0.05, 0) is 34.1 Å². The molecule has 0 saturated carbocycles. The highest BCUT2D eigenvalue weighted by Gasteiger charge is 2.29. The third kappa shape index (κ3) is 4.08. The van der Waals surface area contributed by atoms with Gasteiger partial charge in [-0.1, -0.05) is 0 Å². The topological polar surface area (TPSA) is 67.4 Å². The first-order chi connectivity index (χ1) is 9.33. The van der Waals surface area contributed by atoms with Gasteiger partial charge in [-0.15, -0.1) is 0 Å². The molecule has 6 nitrogen and oxygen atoms in total. The van der Waals surface area contributed by atoms with Crippen LogP contribution < -0.4 is 5.32 Å². The highest BCUT2D eigenvalue weighted by Crippen LogP contribution is 2.17. The average molecular weight is 278 g/mol. The Morgan fingerprint density at radius 3 is 2.75 bits per heavy atom. The molecule has 20 heavy (non-hydrogen) atoms. The quantitative estimate of drug-likeness (QED) is 0.898. The summed E-state index contributed by atoms with van der Waals surface area (Å²) in [5.41, 5.74) is 0.433. The first-order valence-electron chi connectivity index (χ1n) is 6.86. The number of ether oxygens (including phenoxy) is 1. The second kappa shape index (κ2) is 5.64. The molecule has 1 aromatic rings. The number of carbonyl (C=O) groups is 1. The summed E-state index contributed by atoms with van der Waals surface area (Å²) >= 11 is 0. The fourth-order valence-electron chi connectivity index (χ4n) is 2.05. The minimum absolute atomic E-state index is 0.194. The maximum Gasteiger partial charge on any atom is 0.410 e. The zero-order valence-corrected chi connectivity index (χ0v) is 12.5. The van der Waals surface area contributed by atoms with E-state index < -0.39 is 5.60 Å². The molecule has 1 amide bonds. The number of amides is 1. The zero-order chi connectivity index (χ0) is 14.8. The Morgan fingerprint density at radius 1 is 1.40 bits per heavy atom. The minimum atomic E-state index is -0.453. The number of nitrogens with one attached hydrogen (secondary N) is 1. The van der Waals surface area contributed by atoms with E-state index in [-0.39, 0.29) is 12.1 Å². The molecular weight excluding hydrogens is 256 g/mol. The van der Waals surface area contributed by atoms with Gasteiger partial charge in [0.1, 0.15) is 11.4 Å². The number of aromatic nitrogens is 2. The van der Waals surface area contributed by atoms with Crippen LogP contribution in [0.3, 0.4) is 0 Å². The van der Waals surface area contributed by atoms with Crippen LogP contribution in [-0.2, 0) is 4.74 Å². The fourth-order valence-corrected chi connectivity index (χ4v) is 2.05. The van der Waals surface area contributed by atoms with Crippen molar-refractivity contribution < 1.29 is 9.53 Å². The maximum atomic E-state index is 12.0. The van der Waals surface area contributed by atoms with E-state index in [0.717, 1.165) is 17.9 Å². The predicted molar refractivity (Wildman–Crippen MR) is 76.6 cm³/mol. The fraction of sp³-hybridized carbons (Fsp3) is 0.643. The van der Waals surface area contributed by atoms with Gasteiger partial charge in [0.2, 0.25) is 0 Å². The molecular formula is C14H22N4O2. The Balaban J connectivity index is 1.86. The van der Waals surface area contributed by atoms with Gasteiger partial charge < -0.3 is 15.0 Å². The van der Waals surface area contributed by atoms with E-state index >= 15 is 0 Å². The third-order valence-electron chi connectivity index (χ3n) is 2.97. The summed E-state index contributed by atoms with van der Waals surface area (Å²) in [6, 6.07) is 0.194. The number of hydrogen-bond acceptors (Lipinski definition) is 5. The second-order valence-electron chi connectivity index (χ2n) is 6.10. The zero-order valence-electron chi connectivity index (χ0n) is 12.5. The van der Waals surface area contributed by atoms with E-state index in [1.807, 2.05) is 27.7 Å². The highest BCUT2D eigenvalue weighted by atomic mass is 16.6. The largest absolute Gasteiger partial charge is 0.444 e. The number of nitrogens with zero attached hydrogens (tertiary/aromatic N) is 3. The van der Waals surface area contributed by atoms with Crippen molar-refractivity contribution in [3.05, 3.63) is 18.1 Å². The van der Waals surface area contributed by atoms with Crippen LogP contribution in [-0.4, -0.2) is 45.7 Å². The summed E-state index contributed by atoms with van der Waals surface area (Å²) in [4.78, 5) is 22.1. The summed E-state index contributed by atoms with van der Waals surface area (Å²) in [7, 11) is 0. The molecule has 2 heterocycles. The smallest absolute Gasteiger partial charge is 0.410 e. The maximum absolute atomic E-state index is 12.0. The Hall–Kier alpha value is -1.85. The normalized spacial score (nSPS) is 19.0. The molecule has 1 aliphatic heterocycles. The first-order valence-corrected chi connectivity index (χ1v) is 6.86. The summed E-state index contributed by atoms with van der Waals surface area (Å²) in [5, 5.41) is 3.29. The summed E-state index contributed by atoms with van der Waals surface area (Å²) in [6.07, 6.45) is 4.07. The van der Waals surface area contributed by atoms with E-state index in [2.05, 4.69) is 15.3 Å². The minimum Gasteiger partial charge on any atom is -0.444 e. The van der Waals surface area contributed by atoms with Gasteiger partial charge in [-0.25, -0.2) is 9.78 Å². The monoisotopic (exact) mass is 278 g/mol. The number of carbonyl (C=O) groups excluding carboxylic acids is 1. The van der Waals surface area contributed by atoms with Crippen molar-refractivity contribution in [1.29, 1.82) is 0 Å². The van der Waals surface area contributed by atoms with Crippen molar-refractivity contribution in [3.8, 4) is 0 Å². The number of rotatable bonds is 2. The number of aryl methyl sites for hydroxylation is 1. The van der Waals surface area contributed by atoms with Gasteiger partial charge in [-0.2, -0.15) is 0 Å². The number of likely N-dealkylation sites (tertiary alicyclic amines) is 1. The number of hydrogen-bond donors (Lipinski definition) is 1. The average Bonchev–Trinajstić information content (AvgIpc) is 2.79. The van der Waals surface area contributed by atoms with Gasteiger partial charge in [0.25, 0.3) is 0 Å². The molecule has 1 fully saturated rings. The molecule has 110 valence electrons. The molecule has 0 aliphatic carbocycles. The highest BCUT2D eigenvalue weighted by molar-refractivity contribution is 5.68. The van der Waals surface area contributed by atoms with E-state index in [1.54, 1.807) is 17.3 Å². The lowest BCUT2D eigenvalue weighted by molar-refractivity contribution is 0.0293. The molecule has 0 spiro atoms. The molecule has 1 aliphatic rings. The van der Waals surface area contributed by atoms with Crippen molar-refractivity contribution in [2.24, 2.45) is 0 Å². The molecule has 2 rings (SSSR count). The molecule has 0 radical (unpaired) electrons. The first kappa shape index (κ1) is 14.6. The van der Waals surface area contributed by atoms with Crippen molar-refractivity contribution >= 4 is 11.9 Å². The van der Waals surface area contributed by atoms with Crippen LogP contribution in [0.15, 0.2) is 12.4 Å². The van der Waals surface area contributed by atoms with Gasteiger partial charge in [0, 0.05) is 19.1 Å². The van der Waals surface area contributed by atoms with Crippen LogP contribution >= 0.6 is 0 Å². The Morgan fingerprint density at radius 2 is 2.15 bits per heavy atom. The van der Waals surface area contributed by atoms with Crippen LogP contribution in [0.1, 0.15) is 32.9 Å². The van der Waals surface area contributed by atoms with Crippen molar-refractivity contribution in [2.75, 3.05) is 18.4 Å². The van der Waals surface area contributed by atoms with E-state index in [4.69, 9.17) is 4.74 Å². The molecule has 0 bridgehead atoms. The van der Waals surface area contributed by atoms with Crippen LogP contribution in [0.4, 0.5) is 10.6 Å². The van der Waals surface area contributed by atoms with Gasteiger partial charge >= 0.3 is 6.09 Å². The number of anilines is 1. The van der Waals surface area contributed by atoms with Crippen molar-refractivity contribution in [2.45, 2.75) is 45.8 Å². The second-order valence-corrected chi connectivity index (χ2v) is 6.10. The Bertz CT molecular complexity index is 467. The summed E-state index contributed by atoms with van der Waals surface area (Å²) < 4.78 is 5.37. The summed E-state index contributed by atoms with van der Waals surface area (Å²) in [5.74, 6) is 0.742. The van der Waals surface area contributed by atoms with Crippen LogP contribution in [0, 0.1) is 6.92 Å². The molecule has 1 atom stereocenters. The molecule has 6 heteroatoms. The summed E-state index contributed by atoms with van der Waals surface area (Å²) in [6.45, 7) is 8.85. The molecule has 0 aromatic carbocycles. The standard InChI is InChI=1S/C14H22N4O2/c1-10-7-16-12(8-15-10)17-11-5-6-18(9-11)13(19)20-14(2,3)4/h7-8,11H,5-6,9H2,1-4H3,(H,16,17)/t11-/m0/s1. The van der Waals surface area contributed by atoms with Crippen LogP contribution in [0.2, 0.25) is 0 Å². The Kier molecular flexibility index (Phi) is 4.11. The molecule has 1 N–H and O–H groups in total. The molecule has 1 saturated heterocycles. The van der Waals surface area contributed by atoms with Gasteiger partial charge in [0.15, 0.2) is 0 Å². The predicted octanol–water partition coefficient (Wildman–Crippen LogP) is 2.21. The van der Waals surface area contributed by atoms with E-state index in [9.17, 15) is 4.79 Å². The van der Waals surface area contributed by atoms with Gasteiger partial charge in [0.05, 0.1) is 18.1 Å². The van der Waals surface area contributed by atoms with Crippen molar-refractivity contribution in [1.82, 2.24) is 14.9 Å². The lowest BCUT2D eigenvalue weighted by Crippen LogP contribution is -2.36.